The van der Waals surface area contributed by atoms with E-state index in [0.29, 0.717) is 0 Å². The minimum absolute atomic E-state index is 0. The molecule has 0 spiro atoms. The van der Waals surface area contributed by atoms with Crippen LogP contribution in [0.1, 0.15) is 0 Å². The van der Waals surface area contributed by atoms with Crippen molar-refractivity contribution in [1.29, 1.82) is 0 Å². The summed E-state index contributed by atoms with van der Waals surface area (Å²) in [5.74, 6) is 0. The summed E-state index contributed by atoms with van der Waals surface area (Å²) in [5, 5.41) is 0. The molecule has 0 aliphatic heterocycles. The van der Waals surface area contributed by atoms with Crippen LogP contribution in [0.15, 0.2) is 0 Å². The fourth-order valence-electron chi connectivity index (χ4n) is 0. The summed E-state index contributed by atoms with van der Waals surface area (Å²) in [4.78, 5) is 0. The van der Waals surface area contributed by atoms with Gasteiger partial charge in [-0.15, -0.1) is 0 Å². The molecule has 0 bridgehead atoms. The Hall–Kier alpha value is 2.03. The molecule has 0 aromatic rings. The standard InChI is InChI=1S/Fe.La.Mn.O. The van der Waals surface area contributed by atoms with Gasteiger partial charge in [-0.2, -0.15) is 0 Å². The Morgan fingerprint density at radius 1 is 1.25 bits per heavy atom. The third kappa shape index (κ3) is 8.98. The molecule has 0 N–H and O–H groups in total. The van der Waals surface area contributed by atoms with Crippen LogP contribution >= 0.6 is 0 Å². The summed E-state index contributed by atoms with van der Waals surface area (Å²) in [6.45, 7) is 0. The normalized spacial score (nSPS) is 1.25. The first-order valence-electron chi connectivity index (χ1n) is 0.144. The molecule has 0 saturated carbocycles. The predicted octanol–water partition coefficient (Wildman–Crippen LogP) is -0.124. The van der Waals surface area contributed by atoms with Gasteiger partial charge in [0.2, 0.25) is 0 Å². The summed E-state index contributed by atoms with van der Waals surface area (Å²) in [6.07, 6.45) is 0. The van der Waals surface area contributed by atoms with Crippen molar-refractivity contribution >= 4 is 0 Å². The van der Waals surface area contributed by atoms with E-state index < -0.39 is 0 Å². The molecule has 4 heteroatoms. The first-order valence-corrected chi connectivity index (χ1v) is 0.595. The van der Waals surface area contributed by atoms with E-state index in [1.807, 2.05) is 15.9 Å². The minimum atomic E-state index is 0. The van der Waals surface area contributed by atoms with E-state index in [0.717, 1.165) is 0 Å². The molecule has 0 aliphatic rings. The van der Waals surface area contributed by atoms with Crippen LogP contribution in [0.4, 0.5) is 0 Å². The van der Waals surface area contributed by atoms with Gasteiger partial charge in [0.1, 0.15) is 0 Å². The second kappa shape index (κ2) is 19.8. The maximum atomic E-state index is 8.00. The van der Waals surface area contributed by atoms with E-state index in [4.69, 9.17) is 3.83 Å². The van der Waals surface area contributed by atoms with E-state index in [-0.39, 0.29) is 52.7 Å². The zero-order chi connectivity index (χ0) is 2.00. The van der Waals surface area contributed by atoms with Gasteiger partial charge in [-0.3, -0.25) is 0 Å². The van der Waals surface area contributed by atoms with Crippen molar-refractivity contribution in [2.75, 3.05) is 0 Å². The molecule has 24 valence electrons. The van der Waals surface area contributed by atoms with Gasteiger partial charge in [0.05, 0.1) is 0 Å². The third-order valence-corrected chi connectivity index (χ3v) is 0. The van der Waals surface area contributed by atoms with Gasteiger partial charge in [-0.05, 0) is 0 Å². The maximum absolute atomic E-state index is 8.00. The Morgan fingerprint density at radius 2 is 1.25 bits per heavy atom. The van der Waals surface area contributed by atoms with E-state index >= 15 is 0 Å². The SMILES string of the molecule is [La].[Mn].[O]=[Fe]. The van der Waals surface area contributed by atoms with Gasteiger partial charge < -0.3 is 0 Å². The van der Waals surface area contributed by atoms with Gasteiger partial charge in [0.25, 0.3) is 0 Å². The molecule has 0 fully saturated rings. The van der Waals surface area contributed by atoms with Crippen LogP contribution in [-0.2, 0) is 36.8 Å². The quantitative estimate of drug-likeness (QED) is 0.558. The Morgan fingerprint density at radius 3 is 1.25 bits per heavy atom. The molecular formula is FeLaMnO. The Kier molecular flexibility index (Phi) is 82.2. The fraction of sp³-hybridized carbons (Fsp3) is 0. The van der Waals surface area contributed by atoms with Crippen molar-refractivity contribution in [3.63, 3.8) is 0 Å². The fourth-order valence-corrected chi connectivity index (χ4v) is 0. The van der Waals surface area contributed by atoms with Crippen LogP contribution in [0, 0.1) is 35.6 Å². The van der Waals surface area contributed by atoms with Crippen molar-refractivity contribution in [3.8, 4) is 0 Å². The summed E-state index contributed by atoms with van der Waals surface area (Å²) in [5.41, 5.74) is 0. The molecule has 0 rings (SSSR count). The number of hydrogen-bond acceptors (Lipinski definition) is 1. The second-order valence-corrected chi connectivity index (χ2v) is 0. The second-order valence-electron chi connectivity index (χ2n) is 0. The molecule has 1 nitrogen and oxygen atoms in total. The van der Waals surface area contributed by atoms with Crippen molar-refractivity contribution in [1.82, 2.24) is 0 Å². The molecule has 0 atom stereocenters. The van der Waals surface area contributed by atoms with Crippen LogP contribution in [-0.4, -0.2) is 0 Å². The molecule has 0 aliphatic carbocycles. The van der Waals surface area contributed by atoms with E-state index in [2.05, 4.69) is 0 Å². The van der Waals surface area contributed by atoms with Crippen molar-refractivity contribution in [2.45, 2.75) is 0 Å². The molecule has 0 aromatic heterocycles. The van der Waals surface area contributed by atoms with Crippen LogP contribution < -0.4 is 0 Å². The molecule has 0 saturated heterocycles. The number of rotatable bonds is 0. The average molecular weight is 266 g/mol. The number of hydrogen-bond donors (Lipinski definition) is 0. The van der Waals surface area contributed by atoms with Crippen molar-refractivity contribution in [3.05, 3.63) is 0 Å². The molecule has 2 radical (unpaired) electrons. The van der Waals surface area contributed by atoms with Gasteiger partial charge in [-0.1, -0.05) is 0 Å². The van der Waals surface area contributed by atoms with E-state index in [1.54, 1.807) is 0 Å². The first kappa shape index (κ1) is 16.6. The summed E-state index contributed by atoms with van der Waals surface area (Å²) in [6, 6.07) is 0. The Labute approximate surface area is 71.4 Å². The molecule has 4 heavy (non-hydrogen) atoms. The van der Waals surface area contributed by atoms with Gasteiger partial charge >= 0.3 is 19.8 Å². The van der Waals surface area contributed by atoms with Gasteiger partial charge in [0, 0.05) is 52.7 Å². The Bertz CT molecular complexity index is 8.00. The molecule has 0 aromatic carbocycles. The average Bonchev–Trinajstić information content (AvgIpc) is 1.00. The van der Waals surface area contributed by atoms with E-state index in [1.165, 1.54) is 0 Å². The summed E-state index contributed by atoms with van der Waals surface area (Å²) >= 11 is 2.00. The van der Waals surface area contributed by atoms with Gasteiger partial charge in [0.15, 0.2) is 0 Å². The van der Waals surface area contributed by atoms with Crippen LogP contribution in [0.2, 0.25) is 0 Å². The molecular weight excluding hydrogens is 266 g/mol. The summed E-state index contributed by atoms with van der Waals surface area (Å²) < 4.78 is 8.00. The van der Waals surface area contributed by atoms with E-state index in [9.17, 15) is 0 Å². The predicted molar refractivity (Wildman–Crippen MR) is 0.686 cm³/mol. The zero-order valence-corrected chi connectivity index (χ0v) is 7.63. The Balaban J connectivity index is -0.00000000500. The summed E-state index contributed by atoms with van der Waals surface area (Å²) in [7, 11) is 0. The van der Waals surface area contributed by atoms with Crippen molar-refractivity contribution in [2.24, 2.45) is 0 Å². The molecule has 0 unspecified atom stereocenters. The third-order valence-electron chi connectivity index (χ3n) is 0. The topological polar surface area (TPSA) is 17.1 Å². The van der Waals surface area contributed by atoms with Crippen LogP contribution in [0.5, 0.6) is 0 Å². The van der Waals surface area contributed by atoms with Crippen LogP contribution in [0.25, 0.3) is 0 Å². The zero-order valence-electron chi connectivity index (χ0n) is 1.72. The van der Waals surface area contributed by atoms with Crippen molar-refractivity contribution < 1.29 is 72.4 Å². The van der Waals surface area contributed by atoms with Gasteiger partial charge in [-0.25, -0.2) is 0 Å². The molecule has 0 heterocycles. The first-order chi connectivity index (χ1) is 1.00. The van der Waals surface area contributed by atoms with Crippen LogP contribution in [0.3, 0.4) is 0 Å². The molecule has 0 amide bonds. The monoisotopic (exact) mass is 266 g/mol.